The molecule has 0 bridgehead atoms. The number of rotatable bonds is 5. The Balaban J connectivity index is 1.78. The fourth-order valence-electron chi connectivity index (χ4n) is 3.24. The van der Waals surface area contributed by atoms with Crippen molar-refractivity contribution in [3.05, 3.63) is 54.1 Å². The fraction of sp³-hybridized carbons (Fsp3) is 0.350. The van der Waals surface area contributed by atoms with Crippen molar-refractivity contribution in [3.8, 4) is 0 Å². The van der Waals surface area contributed by atoms with Crippen LogP contribution in [0.2, 0.25) is 0 Å². The first kappa shape index (κ1) is 21.5. The maximum atomic E-state index is 12.8. The number of sulfonamides is 1. The molecule has 2 aromatic rings. The Kier molecular flexibility index (Phi) is 6.11. The van der Waals surface area contributed by atoms with Crippen molar-refractivity contribution in [2.75, 3.05) is 24.7 Å². The lowest BCUT2D eigenvalue weighted by Gasteiger charge is -2.29. The molecule has 0 unspecified atom stereocenters. The molecule has 156 valence electrons. The number of nitrogens with one attached hydrogen (secondary N) is 1. The minimum absolute atomic E-state index is 0.0203. The van der Waals surface area contributed by atoms with Crippen molar-refractivity contribution < 1.29 is 21.6 Å². The number of benzene rings is 2. The molecule has 1 fully saturated rings. The molecule has 29 heavy (non-hydrogen) atoms. The summed E-state index contributed by atoms with van der Waals surface area (Å²) >= 11 is 0. The highest BCUT2D eigenvalue weighted by Crippen LogP contribution is 2.24. The van der Waals surface area contributed by atoms with Crippen molar-refractivity contribution in [3.63, 3.8) is 0 Å². The largest absolute Gasteiger partial charge is 0.321 e. The smallest absolute Gasteiger partial charge is 0.255 e. The van der Waals surface area contributed by atoms with Gasteiger partial charge in [0.2, 0.25) is 10.0 Å². The first-order valence-corrected chi connectivity index (χ1v) is 12.6. The fourth-order valence-corrected chi connectivity index (χ4v) is 5.55. The number of para-hydroxylation sites is 1. The quantitative estimate of drug-likeness (QED) is 0.777. The molecule has 1 aliphatic rings. The minimum Gasteiger partial charge on any atom is -0.321 e. The summed E-state index contributed by atoms with van der Waals surface area (Å²) in [7, 11) is -7.09. The highest BCUT2D eigenvalue weighted by atomic mass is 32.2. The van der Waals surface area contributed by atoms with Gasteiger partial charge in [-0.3, -0.25) is 4.79 Å². The first-order chi connectivity index (χ1) is 13.6. The van der Waals surface area contributed by atoms with E-state index in [0.717, 1.165) is 19.1 Å². The van der Waals surface area contributed by atoms with Crippen molar-refractivity contribution in [2.45, 2.75) is 29.6 Å². The van der Waals surface area contributed by atoms with Crippen LogP contribution in [0.4, 0.5) is 5.69 Å². The molecule has 1 saturated heterocycles. The molecule has 9 heteroatoms. The molecular formula is C20H24N2O5S2. The maximum Gasteiger partial charge on any atom is 0.255 e. The van der Waals surface area contributed by atoms with Crippen LogP contribution in [-0.4, -0.2) is 46.4 Å². The molecule has 1 amide bonds. The Morgan fingerprint density at radius 1 is 0.966 bits per heavy atom. The molecule has 0 aromatic heterocycles. The van der Waals surface area contributed by atoms with E-state index in [1.807, 2.05) is 0 Å². The molecule has 1 heterocycles. The zero-order valence-electron chi connectivity index (χ0n) is 16.3. The van der Waals surface area contributed by atoms with Gasteiger partial charge >= 0.3 is 0 Å². The molecule has 0 radical (unpaired) electrons. The zero-order valence-corrected chi connectivity index (χ0v) is 18.0. The number of nitrogens with zero attached hydrogens (tertiary/aromatic N) is 1. The molecular weight excluding hydrogens is 412 g/mol. The summed E-state index contributed by atoms with van der Waals surface area (Å²) in [6.07, 6.45) is 2.73. The van der Waals surface area contributed by atoms with Gasteiger partial charge in [0.1, 0.15) is 0 Å². The third kappa shape index (κ3) is 4.85. The van der Waals surface area contributed by atoms with Crippen LogP contribution >= 0.6 is 0 Å². The number of hydrogen-bond acceptors (Lipinski definition) is 5. The van der Waals surface area contributed by atoms with Gasteiger partial charge in [-0.25, -0.2) is 16.8 Å². The molecule has 0 spiro atoms. The molecule has 7 nitrogen and oxygen atoms in total. The summed E-state index contributed by atoms with van der Waals surface area (Å²) in [6.45, 7) is 3.10. The van der Waals surface area contributed by atoms with E-state index in [-0.39, 0.29) is 21.0 Å². The van der Waals surface area contributed by atoms with Gasteiger partial charge in [-0.05, 0) is 55.2 Å². The van der Waals surface area contributed by atoms with Crippen LogP contribution in [0.25, 0.3) is 0 Å². The summed E-state index contributed by atoms with van der Waals surface area (Å²) < 4.78 is 50.8. The van der Waals surface area contributed by atoms with Gasteiger partial charge in [-0.15, -0.1) is 0 Å². The first-order valence-electron chi connectivity index (χ1n) is 9.29. The molecule has 1 aliphatic heterocycles. The van der Waals surface area contributed by atoms with E-state index < -0.39 is 25.8 Å². The number of anilines is 1. The third-order valence-electron chi connectivity index (χ3n) is 5.03. The molecule has 0 saturated carbocycles. The number of sulfone groups is 1. The number of hydrogen-bond donors (Lipinski definition) is 1. The highest BCUT2D eigenvalue weighted by Gasteiger charge is 2.28. The standard InChI is InChI=1S/C20H24N2O5S2/c1-15-11-13-22(14-12-15)29(26,27)17-9-7-16(8-10-17)20(23)21-18-5-3-4-6-19(18)28(2,24)25/h3-10,15H,11-14H2,1-2H3,(H,21,23). The minimum atomic E-state index is -3.59. The predicted octanol–water partition coefficient (Wildman–Crippen LogP) is 2.76. The summed E-state index contributed by atoms with van der Waals surface area (Å²) in [4.78, 5) is 12.7. The molecule has 2 aromatic carbocycles. The van der Waals surface area contributed by atoms with Gasteiger partial charge in [-0.2, -0.15) is 4.31 Å². The average molecular weight is 437 g/mol. The average Bonchev–Trinajstić information content (AvgIpc) is 2.68. The number of carbonyl (C=O) groups is 1. The predicted molar refractivity (Wildman–Crippen MR) is 111 cm³/mol. The Morgan fingerprint density at radius 2 is 1.55 bits per heavy atom. The van der Waals surface area contributed by atoms with E-state index in [0.29, 0.717) is 19.0 Å². The van der Waals surface area contributed by atoms with E-state index in [2.05, 4.69) is 12.2 Å². The van der Waals surface area contributed by atoms with E-state index in [9.17, 15) is 21.6 Å². The van der Waals surface area contributed by atoms with Gasteiger partial charge < -0.3 is 5.32 Å². The second-order valence-electron chi connectivity index (χ2n) is 7.33. The van der Waals surface area contributed by atoms with Crippen molar-refractivity contribution >= 4 is 31.5 Å². The van der Waals surface area contributed by atoms with Gasteiger partial charge in [0.05, 0.1) is 15.5 Å². The second-order valence-corrected chi connectivity index (χ2v) is 11.3. The van der Waals surface area contributed by atoms with E-state index in [4.69, 9.17) is 0 Å². The molecule has 3 rings (SSSR count). The van der Waals surface area contributed by atoms with Crippen LogP contribution in [0.5, 0.6) is 0 Å². The van der Waals surface area contributed by atoms with Crippen molar-refractivity contribution in [1.82, 2.24) is 4.31 Å². The van der Waals surface area contributed by atoms with Gasteiger partial charge in [-0.1, -0.05) is 19.1 Å². The lowest BCUT2D eigenvalue weighted by molar-refractivity contribution is 0.102. The number of piperidine rings is 1. The van der Waals surface area contributed by atoms with E-state index in [1.165, 1.54) is 40.7 Å². The van der Waals surface area contributed by atoms with Crippen LogP contribution in [0.1, 0.15) is 30.1 Å². The Hall–Kier alpha value is -2.23. The SMILES string of the molecule is CC1CCN(S(=O)(=O)c2ccc(C(=O)Nc3ccccc3S(C)(=O)=O)cc2)CC1. The monoisotopic (exact) mass is 436 g/mol. The van der Waals surface area contributed by atoms with Gasteiger partial charge in [0.25, 0.3) is 5.91 Å². The van der Waals surface area contributed by atoms with Crippen LogP contribution in [-0.2, 0) is 19.9 Å². The van der Waals surface area contributed by atoms with Crippen LogP contribution < -0.4 is 5.32 Å². The Bertz CT molecular complexity index is 1100. The van der Waals surface area contributed by atoms with Crippen LogP contribution in [0, 0.1) is 5.92 Å². The molecule has 1 N–H and O–H groups in total. The van der Waals surface area contributed by atoms with Gasteiger partial charge in [0, 0.05) is 24.9 Å². The Morgan fingerprint density at radius 3 is 2.14 bits per heavy atom. The van der Waals surface area contributed by atoms with E-state index in [1.54, 1.807) is 12.1 Å². The van der Waals surface area contributed by atoms with E-state index >= 15 is 0 Å². The molecule has 0 aliphatic carbocycles. The zero-order chi connectivity index (χ0) is 21.2. The normalized spacial score (nSPS) is 16.5. The summed E-state index contributed by atoms with van der Waals surface area (Å²) in [5.74, 6) is -0.000759. The topological polar surface area (TPSA) is 101 Å². The van der Waals surface area contributed by atoms with Crippen LogP contribution in [0.3, 0.4) is 0 Å². The maximum absolute atomic E-state index is 12.8. The highest BCUT2D eigenvalue weighted by molar-refractivity contribution is 7.91. The lowest BCUT2D eigenvalue weighted by atomic mass is 10.0. The molecule has 0 atom stereocenters. The van der Waals surface area contributed by atoms with Crippen molar-refractivity contribution in [1.29, 1.82) is 0 Å². The van der Waals surface area contributed by atoms with Crippen LogP contribution in [0.15, 0.2) is 58.3 Å². The summed E-state index contributed by atoms with van der Waals surface area (Å²) in [5.41, 5.74) is 0.415. The summed E-state index contributed by atoms with van der Waals surface area (Å²) in [5, 5.41) is 2.58. The second kappa shape index (κ2) is 8.25. The Labute approximate surface area is 171 Å². The number of amides is 1. The van der Waals surface area contributed by atoms with Crippen molar-refractivity contribution in [2.24, 2.45) is 5.92 Å². The summed E-state index contributed by atoms with van der Waals surface area (Å²) in [6, 6.07) is 11.8. The number of carbonyl (C=O) groups excluding carboxylic acids is 1. The third-order valence-corrected chi connectivity index (χ3v) is 8.10. The van der Waals surface area contributed by atoms with Gasteiger partial charge in [0.15, 0.2) is 9.84 Å². The lowest BCUT2D eigenvalue weighted by Crippen LogP contribution is -2.37.